The van der Waals surface area contributed by atoms with Gasteiger partial charge >= 0.3 is 0 Å². The summed E-state index contributed by atoms with van der Waals surface area (Å²) in [6.07, 6.45) is 0.173. The number of aliphatic hydroxyl groups is 1. The first-order valence-electron chi connectivity index (χ1n) is 6.79. The van der Waals surface area contributed by atoms with Gasteiger partial charge in [-0.2, -0.15) is 0 Å². The highest BCUT2D eigenvalue weighted by Crippen LogP contribution is 2.17. The number of rotatable bonds is 6. The molecule has 0 aliphatic carbocycles. The van der Waals surface area contributed by atoms with Crippen LogP contribution in [0.1, 0.15) is 30.1 Å². The van der Waals surface area contributed by atoms with E-state index in [0.717, 1.165) is 11.1 Å². The van der Waals surface area contributed by atoms with Crippen LogP contribution in [-0.4, -0.2) is 11.0 Å². The van der Waals surface area contributed by atoms with E-state index in [0.29, 0.717) is 19.4 Å². The molecule has 0 aliphatic rings. The molecule has 0 radical (unpaired) electrons. The van der Waals surface area contributed by atoms with Crippen molar-refractivity contribution in [3.8, 4) is 0 Å². The molecule has 1 unspecified atom stereocenters. The van der Waals surface area contributed by atoms with Crippen LogP contribution >= 0.6 is 0 Å². The highest BCUT2D eigenvalue weighted by atomic mass is 16.3. The summed E-state index contributed by atoms with van der Waals surface area (Å²) in [6, 6.07) is 19.2. The van der Waals surface area contributed by atoms with E-state index in [4.69, 9.17) is 0 Å². The van der Waals surface area contributed by atoms with Gasteiger partial charge in [0.25, 0.3) is 0 Å². The zero-order chi connectivity index (χ0) is 14.2. The molecule has 0 fully saturated rings. The first kappa shape index (κ1) is 14.3. The van der Waals surface area contributed by atoms with Gasteiger partial charge in [-0.1, -0.05) is 60.7 Å². The quantitative estimate of drug-likeness (QED) is 0.847. The van der Waals surface area contributed by atoms with E-state index < -0.39 is 6.10 Å². The SMILES string of the molecule is O=C(CCC(O)c1ccccc1)NCc1ccccc1. The van der Waals surface area contributed by atoms with E-state index >= 15 is 0 Å². The van der Waals surface area contributed by atoms with Gasteiger partial charge in [-0.25, -0.2) is 0 Å². The molecule has 2 rings (SSSR count). The minimum atomic E-state index is -0.585. The van der Waals surface area contributed by atoms with Crippen molar-refractivity contribution in [3.63, 3.8) is 0 Å². The van der Waals surface area contributed by atoms with Crippen molar-refractivity contribution in [1.29, 1.82) is 0 Å². The maximum Gasteiger partial charge on any atom is 0.220 e. The standard InChI is InChI=1S/C17H19NO2/c19-16(15-9-5-2-6-10-15)11-12-17(20)18-13-14-7-3-1-4-8-14/h1-10,16,19H,11-13H2,(H,18,20). The fraction of sp³-hybridized carbons (Fsp3) is 0.235. The second-order valence-corrected chi connectivity index (χ2v) is 4.73. The van der Waals surface area contributed by atoms with Crippen LogP contribution in [0.3, 0.4) is 0 Å². The molecule has 1 amide bonds. The normalized spacial score (nSPS) is 11.8. The third-order valence-electron chi connectivity index (χ3n) is 3.16. The largest absolute Gasteiger partial charge is 0.388 e. The van der Waals surface area contributed by atoms with E-state index in [9.17, 15) is 9.90 Å². The molecule has 2 aromatic rings. The Hall–Kier alpha value is -2.13. The molecule has 0 aromatic heterocycles. The van der Waals surface area contributed by atoms with Crippen LogP contribution in [0.4, 0.5) is 0 Å². The molecule has 0 bridgehead atoms. The Bertz CT molecular complexity index is 525. The van der Waals surface area contributed by atoms with Crippen molar-refractivity contribution in [3.05, 3.63) is 71.8 Å². The van der Waals surface area contributed by atoms with Gasteiger partial charge in [-0.3, -0.25) is 4.79 Å². The lowest BCUT2D eigenvalue weighted by atomic mass is 10.0. The van der Waals surface area contributed by atoms with E-state index in [1.54, 1.807) is 0 Å². The van der Waals surface area contributed by atoms with Crippen molar-refractivity contribution in [2.24, 2.45) is 0 Å². The van der Waals surface area contributed by atoms with Crippen molar-refractivity contribution < 1.29 is 9.90 Å². The minimum absolute atomic E-state index is 0.0381. The number of aliphatic hydroxyl groups excluding tert-OH is 1. The molecule has 0 saturated heterocycles. The molecule has 104 valence electrons. The summed E-state index contributed by atoms with van der Waals surface area (Å²) in [6.45, 7) is 0.529. The molecular formula is C17H19NO2. The highest BCUT2D eigenvalue weighted by Gasteiger charge is 2.09. The Balaban J connectivity index is 1.73. The van der Waals surface area contributed by atoms with Crippen LogP contribution in [0, 0.1) is 0 Å². The van der Waals surface area contributed by atoms with Gasteiger partial charge in [0.2, 0.25) is 5.91 Å². The van der Waals surface area contributed by atoms with E-state index in [2.05, 4.69) is 5.32 Å². The van der Waals surface area contributed by atoms with Gasteiger partial charge in [0.15, 0.2) is 0 Å². The van der Waals surface area contributed by atoms with Crippen molar-refractivity contribution in [1.82, 2.24) is 5.32 Å². The predicted octanol–water partition coefficient (Wildman–Crippen LogP) is 2.82. The average Bonchev–Trinajstić information content (AvgIpc) is 2.52. The number of benzene rings is 2. The Morgan fingerprint density at radius 3 is 2.25 bits per heavy atom. The van der Waals surface area contributed by atoms with E-state index in [1.807, 2.05) is 60.7 Å². The van der Waals surface area contributed by atoms with Crippen LogP contribution in [0.25, 0.3) is 0 Å². The first-order chi connectivity index (χ1) is 9.75. The number of hydrogen-bond donors (Lipinski definition) is 2. The van der Waals surface area contributed by atoms with Crippen molar-refractivity contribution in [2.75, 3.05) is 0 Å². The molecular weight excluding hydrogens is 250 g/mol. The Labute approximate surface area is 119 Å². The highest BCUT2D eigenvalue weighted by molar-refractivity contribution is 5.75. The minimum Gasteiger partial charge on any atom is -0.388 e. The summed E-state index contributed by atoms with van der Waals surface area (Å²) in [5.41, 5.74) is 1.92. The maximum atomic E-state index is 11.7. The summed E-state index contributed by atoms with van der Waals surface area (Å²) in [5, 5.41) is 12.8. The summed E-state index contributed by atoms with van der Waals surface area (Å²) in [5.74, 6) is -0.0381. The van der Waals surface area contributed by atoms with Gasteiger partial charge in [-0.05, 0) is 17.5 Å². The third-order valence-corrected chi connectivity index (χ3v) is 3.16. The number of amides is 1. The smallest absolute Gasteiger partial charge is 0.220 e. The molecule has 0 spiro atoms. The molecule has 2 aromatic carbocycles. The van der Waals surface area contributed by atoms with Crippen LogP contribution in [0.15, 0.2) is 60.7 Å². The van der Waals surface area contributed by atoms with E-state index in [1.165, 1.54) is 0 Å². The van der Waals surface area contributed by atoms with Gasteiger partial charge in [0.1, 0.15) is 0 Å². The summed E-state index contributed by atoms with van der Waals surface area (Å²) in [7, 11) is 0. The monoisotopic (exact) mass is 269 g/mol. The fourth-order valence-electron chi connectivity index (χ4n) is 1.99. The summed E-state index contributed by atoms with van der Waals surface area (Å²) in [4.78, 5) is 11.7. The Kier molecular flexibility index (Phi) is 5.33. The second kappa shape index (κ2) is 7.46. The maximum absolute atomic E-state index is 11.7. The lowest BCUT2D eigenvalue weighted by molar-refractivity contribution is -0.121. The topological polar surface area (TPSA) is 49.3 Å². The van der Waals surface area contributed by atoms with Gasteiger partial charge in [0.05, 0.1) is 6.10 Å². The number of nitrogens with one attached hydrogen (secondary N) is 1. The predicted molar refractivity (Wildman–Crippen MR) is 78.9 cm³/mol. The van der Waals surface area contributed by atoms with Crippen LogP contribution in [0.2, 0.25) is 0 Å². The van der Waals surface area contributed by atoms with E-state index in [-0.39, 0.29) is 5.91 Å². The zero-order valence-corrected chi connectivity index (χ0v) is 11.3. The molecule has 1 atom stereocenters. The molecule has 0 heterocycles. The molecule has 3 heteroatoms. The van der Waals surface area contributed by atoms with Crippen LogP contribution < -0.4 is 5.32 Å². The van der Waals surface area contributed by atoms with Crippen LogP contribution in [-0.2, 0) is 11.3 Å². The average molecular weight is 269 g/mol. The lowest BCUT2D eigenvalue weighted by Gasteiger charge is -2.11. The second-order valence-electron chi connectivity index (χ2n) is 4.73. The number of carbonyl (C=O) groups is 1. The number of hydrogen-bond acceptors (Lipinski definition) is 2. The van der Waals surface area contributed by atoms with Gasteiger partial charge < -0.3 is 10.4 Å². The molecule has 0 saturated carbocycles. The Morgan fingerprint density at radius 1 is 1.00 bits per heavy atom. The van der Waals surface area contributed by atoms with Gasteiger partial charge in [-0.15, -0.1) is 0 Å². The lowest BCUT2D eigenvalue weighted by Crippen LogP contribution is -2.22. The summed E-state index contributed by atoms with van der Waals surface area (Å²) < 4.78 is 0. The molecule has 0 aliphatic heterocycles. The number of carbonyl (C=O) groups excluding carboxylic acids is 1. The van der Waals surface area contributed by atoms with Crippen molar-refractivity contribution >= 4 is 5.91 Å². The van der Waals surface area contributed by atoms with Crippen molar-refractivity contribution in [2.45, 2.75) is 25.5 Å². The molecule has 2 N–H and O–H groups in total. The van der Waals surface area contributed by atoms with Gasteiger partial charge in [0, 0.05) is 13.0 Å². The molecule has 20 heavy (non-hydrogen) atoms. The zero-order valence-electron chi connectivity index (χ0n) is 11.3. The third kappa shape index (κ3) is 4.52. The molecule has 3 nitrogen and oxygen atoms in total. The fourth-order valence-corrected chi connectivity index (χ4v) is 1.99. The summed E-state index contributed by atoms with van der Waals surface area (Å²) >= 11 is 0. The van der Waals surface area contributed by atoms with Crippen LogP contribution in [0.5, 0.6) is 0 Å². The Morgan fingerprint density at radius 2 is 1.60 bits per heavy atom. The first-order valence-corrected chi connectivity index (χ1v) is 6.79.